The van der Waals surface area contributed by atoms with Gasteiger partial charge in [-0.3, -0.25) is 0 Å². The lowest BCUT2D eigenvalue weighted by Gasteiger charge is -1.99. The quantitative estimate of drug-likeness (QED) is 0.660. The van der Waals surface area contributed by atoms with E-state index in [1.165, 1.54) is 0 Å². The van der Waals surface area contributed by atoms with E-state index >= 15 is 0 Å². The molecule has 0 N–H and O–H groups in total. The molecule has 0 spiro atoms. The van der Waals surface area contributed by atoms with Gasteiger partial charge in [0.05, 0.1) is 6.26 Å². The third kappa shape index (κ3) is 1.47. The molecule has 0 saturated heterocycles. The molecule has 0 radical (unpaired) electrons. The van der Waals surface area contributed by atoms with Gasteiger partial charge < -0.3 is 4.42 Å². The lowest BCUT2D eigenvalue weighted by atomic mass is 10.1. The van der Waals surface area contributed by atoms with Gasteiger partial charge in [0, 0.05) is 10.4 Å². The highest BCUT2D eigenvalue weighted by atomic mass is 35.5. The molecular formula is C11H9ClO. The molecule has 0 atom stereocenters. The molecule has 0 amide bonds. The minimum absolute atomic E-state index is 0.772. The standard InChI is InChI=1S/C11H9ClO/c1-2-3-8-7-11-9(4-5-13-11)6-10(8)12/h2,4-7H,1,3H2. The normalized spacial score (nSPS) is 10.5. The first kappa shape index (κ1) is 8.39. The average Bonchev–Trinajstić information content (AvgIpc) is 2.52. The second-order valence-corrected chi connectivity index (χ2v) is 3.30. The van der Waals surface area contributed by atoms with Crippen molar-refractivity contribution in [3.05, 3.63) is 47.7 Å². The van der Waals surface area contributed by atoms with Crippen LogP contribution in [0, 0.1) is 0 Å². The summed E-state index contributed by atoms with van der Waals surface area (Å²) in [6.07, 6.45) is 4.27. The number of benzene rings is 1. The predicted octanol–water partition coefficient (Wildman–Crippen LogP) is 3.81. The van der Waals surface area contributed by atoms with E-state index in [0.29, 0.717) is 0 Å². The van der Waals surface area contributed by atoms with Crippen molar-refractivity contribution in [2.75, 3.05) is 0 Å². The Balaban J connectivity index is 2.62. The molecule has 1 heterocycles. The van der Waals surface area contributed by atoms with E-state index in [0.717, 1.165) is 28.0 Å². The van der Waals surface area contributed by atoms with E-state index in [1.807, 2.05) is 24.3 Å². The Bertz CT molecular complexity index is 442. The van der Waals surface area contributed by atoms with Crippen molar-refractivity contribution in [1.82, 2.24) is 0 Å². The highest BCUT2D eigenvalue weighted by molar-refractivity contribution is 6.32. The van der Waals surface area contributed by atoms with Gasteiger partial charge in [0.15, 0.2) is 0 Å². The summed E-state index contributed by atoms with van der Waals surface area (Å²) in [6.45, 7) is 3.68. The summed E-state index contributed by atoms with van der Waals surface area (Å²) in [5, 5.41) is 1.81. The van der Waals surface area contributed by atoms with Gasteiger partial charge >= 0.3 is 0 Å². The molecule has 0 fully saturated rings. The van der Waals surface area contributed by atoms with E-state index in [2.05, 4.69) is 6.58 Å². The number of hydrogen-bond acceptors (Lipinski definition) is 1. The Hall–Kier alpha value is -1.21. The van der Waals surface area contributed by atoms with Crippen molar-refractivity contribution in [2.24, 2.45) is 0 Å². The average molecular weight is 193 g/mol. The lowest BCUT2D eigenvalue weighted by molar-refractivity contribution is 0.615. The Morgan fingerprint density at radius 3 is 3.08 bits per heavy atom. The molecule has 0 aliphatic heterocycles. The molecule has 0 aliphatic carbocycles. The summed E-state index contributed by atoms with van der Waals surface area (Å²) in [4.78, 5) is 0. The zero-order valence-electron chi connectivity index (χ0n) is 7.09. The number of hydrogen-bond donors (Lipinski definition) is 0. The number of allylic oxidation sites excluding steroid dienone is 1. The second kappa shape index (κ2) is 3.27. The zero-order chi connectivity index (χ0) is 9.26. The summed E-state index contributed by atoms with van der Waals surface area (Å²) in [6, 6.07) is 5.78. The molecule has 0 aliphatic rings. The smallest absolute Gasteiger partial charge is 0.134 e. The van der Waals surface area contributed by atoms with Gasteiger partial charge in [-0.2, -0.15) is 0 Å². The number of halogens is 1. The van der Waals surface area contributed by atoms with Crippen molar-refractivity contribution >= 4 is 22.6 Å². The van der Waals surface area contributed by atoms with E-state index in [9.17, 15) is 0 Å². The predicted molar refractivity (Wildman–Crippen MR) is 55.1 cm³/mol. The molecule has 66 valence electrons. The van der Waals surface area contributed by atoms with Crippen molar-refractivity contribution < 1.29 is 4.42 Å². The van der Waals surface area contributed by atoms with Crippen molar-refractivity contribution in [2.45, 2.75) is 6.42 Å². The van der Waals surface area contributed by atoms with Gasteiger partial charge in [0.25, 0.3) is 0 Å². The number of furan rings is 1. The maximum atomic E-state index is 6.05. The van der Waals surface area contributed by atoms with Gasteiger partial charge in [-0.05, 0) is 30.2 Å². The first-order valence-corrected chi connectivity index (χ1v) is 4.45. The summed E-state index contributed by atoms with van der Waals surface area (Å²) < 4.78 is 5.27. The third-order valence-electron chi connectivity index (χ3n) is 1.99. The van der Waals surface area contributed by atoms with Crippen LogP contribution in [-0.4, -0.2) is 0 Å². The molecule has 1 aromatic carbocycles. The SMILES string of the molecule is C=CCc1cc2occc2cc1Cl. The summed E-state index contributed by atoms with van der Waals surface area (Å²) >= 11 is 6.05. The number of rotatable bonds is 2. The van der Waals surface area contributed by atoms with E-state index in [-0.39, 0.29) is 0 Å². The molecule has 0 unspecified atom stereocenters. The van der Waals surface area contributed by atoms with Gasteiger partial charge in [0.2, 0.25) is 0 Å². The fraction of sp³-hybridized carbons (Fsp3) is 0.0909. The first-order valence-electron chi connectivity index (χ1n) is 4.08. The van der Waals surface area contributed by atoms with Crippen molar-refractivity contribution in [3.8, 4) is 0 Å². The monoisotopic (exact) mass is 192 g/mol. The van der Waals surface area contributed by atoms with E-state index in [4.69, 9.17) is 16.0 Å². The van der Waals surface area contributed by atoms with Crippen LogP contribution in [0.5, 0.6) is 0 Å². The largest absolute Gasteiger partial charge is 0.464 e. The van der Waals surface area contributed by atoms with Gasteiger partial charge in [-0.25, -0.2) is 0 Å². The third-order valence-corrected chi connectivity index (χ3v) is 2.34. The van der Waals surface area contributed by atoms with E-state index < -0.39 is 0 Å². The Morgan fingerprint density at radius 2 is 2.31 bits per heavy atom. The summed E-state index contributed by atoms with van der Waals surface area (Å²) in [5.41, 5.74) is 1.93. The Labute approximate surface area is 81.6 Å². The molecule has 2 heteroatoms. The topological polar surface area (TPSA) is 13.1 Å². The van der Waals surface area contributed by atoms with Crippen LogP contribution in [0.25, 0.3) is 11.0 Å². The first-order chi connectivity index (χ1) is 6.31. The molecule has 13 heavy (non-hydrogen) atoms. The summed E-state index contributed by atoms with van der Waals surface area (Å²) in [5.74, 6) is 0. The van der Waals surface area contributed by atoms with Gasteiger partial charge in [-0.1, -0.05) is 17.7 Å². The maximum absolute atomic E-state index is 6.05. The van der Waals surface area contributed by atoms with Crippen molar-refractivity contribution in [3.63, 3.8) is 0 Å². The molecule has 2 rings (SSSR count). The van der Waals surface area contributed by atoms with Crippen LogP contribution in [0.1, 0.15) is 5.56 Å². The van der Waals surface area contributed by atoms with Crippen LogP contribution < -0.4 is 0 Å². The van der Waals surface area contributed by atoms with E-state index in [1.54, 1.807) is 6.26 Å². The van der Waals surface area contributed by atoms with Crippen LogP contribution >= 0.6 is 11.6 Å². The summed E-state index contributed by atoms with van der Waals surface area (Å²) in [7, 11) is 0. The maximum Gasteiger partial charge on any atom is 0.134 e. The number of fused-ring (bicyclic) bond motifs is 1. The van der Waals surface area contributed by atoms with Crippen LogP contribution in [0.15, 0.2) is 41.5 Å². The molecule has 1 nitrogen and oxygen atoms in total. The lowest BCUT2D eigenvalue weighted by Crippen LogP contribution is -1.81. The van der Waals surface area contributed by atoms with Gasteiger partial charge in [-0.15, -0.1) is 6.58 Å². The molecule has 1 aromatic heterocycles. The van der Waals surface area contributed by atoms with Crippen LogP contribution in [-0.2, 0) is 6.42 Å². The fourth-order valence-electron chi connectivity index (χ4n) is 1.34. The molecule has 0 saturated carbocycles. The second-order valence-electron chi connectivity index (χ2n) is 2.89. The molecule has 0 bridgehead atoms. The highest BCUT2D eigenvalue weighted by Crippen LogP contribution is 2.25. The van der Waals surface area contributed by atoms with Crippen LogP contribution in [0.3, 0.4) is 0 Å². The highest BCUT2D eigenvalue weighted by Gasteiger charge is 2.03. The van der Waals surface area contributed by atoms with Crippen LogP contribution in [0.4, 0.5) is 0 Å². The molecular weight excluding hydrogens is 184 g/mol. The molecule has 2 aromatic rings. The fourth-order valence-corrected chi connectivity index (χ4v) is 1.58. The van der Waals surface area contributed by atoms with Crippen molar-refractivity contribution in [1.29, 1.82) is 0 Å². The minimum atomic E-state index is 0.772. The minimum Gasteiger partial charge on any atom is -0.464 e. The Morgan fingerprint density at radius 1 is 1.46 bits per heavy atom. The van der Waals surface area contributed by atoms with Gasteiger partial charge in [0.1, 0.15) is 5.58 Å². The van der Waals surface area contributed by atoms with Crippen LogP contribution in [0.2, 0.25) is 5.02 Å². The Kier molecular flexibility index (Phi) is 2.11. The zero-order valence-corrected chi connectivity index (χ0v) is 7.84.